The van der Waals surface area contributed by atoms with Crippen LogP contribution in [0.1, 0.15) is 28.8 Å². The molecule has 3 aromatic rings. The van der Waals surface area contributed by atoms with Gasteiger partial charge in [-0.3, -0.25) is 9.69 Å². The minimum Gasteiger partial charge on any atom is -0.380 e. The highest BCUT2D eigenvalue weighted by Crippen LogP contribution is 2.35. The predicted molar refractivity (Wildman–Crippen MR) is 150 cm³/mol. The number of nitrogens with one attached hydrogen (secondary N) is 2. The van der Waals surface area contributed by atoms with Crippen LogP contribution in [0, 0.1) is 18.2 Å². The molecule has 0 aliphatic carbocycles. The molecule has 1 amide bonds. The maximum atomic E-state index is 13.6. The SMILES string of the molecule is [C-]#[N+]c1cc(Nc2cc(NCc3cc(F)cc(F)c3)c(C(N)=O)cn2)ccc1N1CCC(N2CCOCC2)CC1. The number of ether oxygens (including phenoxy) is 1. The number of nitrogens with zero attached hydrogens (tertiary/aromatic N) is 4. The molecule has 0 saturated carbocycles. The number of carbonyl (C=O) groups is 1. The molecular formula is C29H31F2N7O2. The Bertz CT molecular complexity index is 1390. The summed E-state index contributed by atoms with van der Waals surface area (Å²) in [4.78, 5) is 24.8. The molecule has 0 radical (unpaired) electrons. The van der Waals surface area contributed by atoms with E-state index in [-0.39, 0.29) is 12.1 Å². The molecule has 208 valence electrons. The van der Waals surface area contributed by atoms with E-state index in [2.05, 4.69) is 30.3 Å². The zero-order valence-electron chi connectivity index (χ0n) is 22.0. The molecular weight excluding hydrogens is 516 g/mol. The fourth-order valence-electron chi connectivity index (χ4n) is 5.30. The number of primary amides is 1. The molecule has 0 spiro atoms. The van der Waals surface area contributed by atoms with Crippen LogP contribution in [0.3, 0.4) is 0 Å². The monoisotopic (exact) mass is 547 g/mol. The zero-order valence-corrected chi connectivity index (χ0v) is 22.0. The van der Waals surface area contributed by atoms with Crippen molar-refractivity contribution in [1.29, 1.82) is 0 Å². The molecule has 40 heavy (non-hydrogen) atoms. The fraction of sp³-hybridized carbons (Fsp3) is 0.345. The Labute approximate surface area is 231 Å². The summed E-state index contributed by atoms with van der Waals surface area (Å²) in [5, 5.41) is 6.19. The average Bonchev–Trinajstić information content (AvgIpc) is 2.96. The Morgan fingerprint density at radius 1 is 1.07 bits per heavy atom. The lowest BCUT2D eigenvalue weighted by Gasteiger charge is -2.41. The van der Waals surface area contributed by atoms with E-state index in [1.165, 1.54) is 18.3 Å². The lowest BCUT2D eigenvalue weighted by Crippen LogP contribution is -2.49. The number of pyridine rings is 1. The first-order chi connectivity index (χ1) is 19.4. The number of rotatable bonds is 8. The number of benzene rings is 2. The van der Waals surface area contributed by atoms with E-state index in [9.17, 15) is 13.6 Å². The van der Waals surface area contributed by atoms with Gasteiger partial charge in [-0.05, 0) is 48.7 Å². The lowest BCUT2D eigenvalue weighted by atomic mass is 10.0. The van der Waals surface area contributed by atoms with Crippen LogP contribution in [0.2, 0.25) is 0 Å². The van der Waals surface area contributed by atoms with Gasteiger partial charge in [0.1, 0.15) is 17.5 Å². The summed E-state index contributed by atoms with van der Waals surface area (Å²) in [5.41, 5.74) is 8.48. The van der Waals surface area contributed by atoms with Gasteiger partial charge >= 0.3 is 0 Å². The number of nitrogens with two attached hydrogens (primary N) is 1. The molecule has 0 atom stereocenters. The largest absolute Gasteiger partial charge is 0.380 e. The van der Waals surface area contributed by atoms with Gasteiger partial charge in [-0.25, -0.2) is 18.6 Å². The van der Waals surface area contributed by atoms with Crippen molar-refractivity contribution in [3.8, 4) is 0 Å². The summed E-state index contributed by atoms with van der Waals surface area (Å²) in [6.45, 7) is 13.2. The minimum absolute atomic E-state index is 0.0667. The van der Waals surface area contributed by atoms with Crippen LogP contribution >= 0.6 is 0 Å². The smallest absolute Gasteiger partial charge is 0.252 e. The Kier molecular flexibility index (Phi) is 8.38. The number of aromatic nitrogens is 1. The molecule has 2 aliphatic heterocycles. The fourth-order valence-corrected chi connectivity index (χ4v) is 5.30. The van der Waals surface area contributed by atoms with Crippen molar-refractivity contribution in [2.75, 3.05) is 54.9 Å². The van der Waals surface area contributed by atoms with Crippen LogP contribution in [0.4, 0.5) is 37.3 Å². The van der Waals surface area contributed by atoms with E-state index < -0.39 is 17.5 Å². The number of hydrogen-bond acceptors (Lipinski definition) is 7. The second-order valence-electron chi connectivity index (χ2n) is 9.92. The molecule has 2 saturated heterocycles. The van der Waals surface area contributed by atoms with Gasteiger partial charge in [-0.1, -0.05) is 0 Å². The Morgan fingerprint density at radius 2 is 1.80 bits per heavy atom. The minimum atomic E-state index is -0.691. The Morgan fingerprint density at radius 3 is 2.48 bits per heavy atom. The van der Waals surface area contributed by atoms with Crippen LogP contribution in [-0.2, 0) is 11.3 Å². The summed E-state index contributed by atoms with van der Waals surface area (Å²) in [5.74, 6) is -1.66. The van der Waals surface area contributed by atoms with Crippen molar-refractivity contribution in [1.82, 2.24) is 9.88 Å². The summed E-state index contributed by atoms with van der Waals surface area (Å²) in [6, 6.07) is 11.0. The van der Waals surface area contributed by atoms with Crippen molar-refractivity contribution in [3.63, 3.8) is 0 Å². The van der Waals surface area contributed by atoms with Gasteiger partial charge in [0.25, 0.3) is 5.91 Å². The van der Waals surface area contributed by atoms with Gasteiger partial charge in [-0.15, -0.1) is 0 Å². The van der Waals surface area contributed by atoms with E-state index >= 15 is 0 Å². The molecule has 4 N–H and O–H groups in total. The van der Waals surface area contributed by atoms with Crippen molar-refractivity contribution >= 4 is 34.5 Å². The molecule has 0 unspecified atom stereocenters. The van der Waals surface area contributed by atoms with E-state index in [1.54, 1.807) is 12.1 Å². The molecule has 11 heteroatoms. The number of piperidine rings is 1. The topological polar surface area (TPSA) is 100 Å². The van der Waals surface area contributed by atoms with Crippen LogP contribution in [0.15, 0.2) is 48.7 Å². The van der Waals surface area contributed by atoms with Crippen LogP contribution in [-0.4, -0.2) is 61.2 Å². The second kappa shape index (κ2) is 12.3. The van der Waals surface area contributed by atoms with Gasteiger partial charge in [0, 0.05) is 68.5 Å². The summed E-state index contributed by atoms with van der Waals surface area (Å²) in [6.07, 6.45) is 3.43. The summed E-state index contributed by atoms with van der Waals surface area (Å²) in [7, 11) is 0. The van der Waals surface area contributed by atoms with Crippen LogP contribution in [0.5, 0.6) is 0 Å². The highest BCUT2D eigenvalue weighted by Gasteiger charge is 2.26. The van der Waals surface area contributed by atoms with E-state index in [1.807, 2.05) is 12.1 Å². The van der Waals surface area contributed by atoms with E-state index in [0.717, 1.165) is 64.0 Å². The Balaban J connectivity index is 1.27. The molecule has 1 aromatic heterocycles. The highest BCUT2D eigenvalue weighted by atomic mass is 19.1. The molecule has 0 bridgehead atoms. The molecule has 2 aromatic carbocycles. The van der Waals surface area contributed by atoms with Crippen molar-refractivity contribution in [2.24, 2.45) is 5.73 Å². The summed E-state index contributed by atoms with van der Waals surface area (Å²) >= 11 is 0. The predicted octanol–water partition coefficient (Wildman–Crippen LogP) is 4.67. The summed E-state index contributed by atoms with van der Waals surface area (Å²) < 4.78 is 32.6. The molecule has 3 heterocycles. The maximum absolute atomic E-state index is 13.6. The van der Waals surface area contributed by atoms with Crippen LogP contribution in [0.25, 0.3) is 4.85 Å². The van der Waals surface area contributed by atoms with Crippen LogP contribution < -0.4 is 21.3 Å². The quantitative estimate of drug-likeness (QED) is 0.353. The number of anilines is 4. The third-order valence-electron chi connectivity index (χ3n) is 7.31. The number of hydrogen-bond donors (Lipinski definition) is 3. The molecule has 9 nitrogen and oxygen atoms in total. The number of amides is 1. The lowest BCUT2D eigenvalue weighted by molar-refractivity contribution is 0.0115. The standard InChI is InChI=1S/C29H31F2N7O2/c1-33-26-15-22(2-3-27(26)38-6-4-23(5-7-38)37-8-10-40-11-9-37)36-28-16-25(24(18-35-28)29(32)39)34-17-19-12-20(30)14-21(31)13-19/h2-3,12-16,18,23H,4-11,17H2,(H2,32,39)(H2,34,35,36). The normalized spacial score (nSPS) is 16.4. The Hall–Kier alpha value is -4.27. The number of carbonyl (C=O) groups excluding carboxylic acids is 1. The van der Waals surface area contributed by atoms with E-state index in [0.29, 0.717) is 34.5 Å². The highest BCUT2D eigenvalue weighted by molar-refractivity contribution is 5.98. The molecule has 2 fully saturated rings. The second-order valence-corrected chi connectivity index (χ2v) is 9.92. The van der Waals surface area contributed by atoms with Crippen molar-refractivity contribution in [2.45, 2.75) is 25.4 Å². The third kappa shape index (κ3) is 6.47. The maximum Gasteiger partial charge on any atom is 0.252 e. The number of morpholine rings is 1. The van der Waals surface area contributed by atoms with Gasteiger partial charge in [0.2, 0.25) is 5.69 Å². The third-order valence-corrected chi connectivity index (χ3v) is 7.31. The van der Waals surface area contributed by atoms with Crippen molar-refractivity contribution in [3.05, 3.63) is 82.8 Å². The first-order valence-electron chi connectivity index (χ1n) is 13.2. The zero-order chi connectivity index (χ0) is 28.1. The first-order valence-corrected chi connectivity index (χ1v) is 13.2. The van der Waals surface area contributed by atoms with Crippen molar-refractivity contribution < 1.29 is 18.3 Å². The van der Waals surface area contributed by atoms with E-state index in [4.69, 9.17) is 17.0 Å². The molecule has 2 aliphatic rings. The molecule has 5 rings (SSSR count). The number of halogens is 2. The van der Waals surface area contributed by atoms with Gasteiger partial charge in [0.05, 0.1) is 31.0 Å². The average molecular weight is 548 g/mol. The van der Waals surface area contributed by atoms with Gasteiger partial charge in [0.15, 0.2) is 0 Å². The first kappa shape index (κ1) is 27.3. The van der Waals surface area contributed by atoms with Gasteiger partial charge in [-0.2, -0.15) is 0 Å². The van der Waals surface area contributed by atoms with Gasteiger partial charge < -0.3 is 26.0 Å².